The predicted molar refractivity (Wildman–Crippen MR) is 124 cm³/mol. The fraction of sp³-hybridized carbons (Fsp3) is 0.0800. The first-order chi connectivity index (χ1) is 14.1. The standard InChI is InChI=1S/C25H22ClN3/c1-18-16-20(19(2)29(18)25-14-8-21(26)9-15-25)17-27-22-10-12-24(13-11-22)28-23-6-4-3-5-7-23/h3-17,28H,1-2H3. The Bertz CT molecular complexity index is 1130. The van der Waals surface area contributed by atoms with Crippen LogP contribution in [0.25, 0.3) is 5.69 Å². The molecule has 3 aromatic carbocycles. The molecule has 0 spiro atoms. The molecule has 4 heteroatoms. The molecule has 0 saturated heterocycles. The number of nitrogens with one attached hydrogen (secondary N) is 1. The van der Waals surface area contributed by atoms with Crippen LogP contribution in [0.5, 0.6) is 0 Å². The Balaban J connectivity index is 1.52. The Kier molecular flexibility index (Phi) is 5.50. The van der Waals surface area contributed by atoms with E-state index in [9.17, 15) is 0 Å². The summed E-state index contributed by atoms with van der Waals surface area (Å²) in [5.74, 6) is 0. The molecular formula is C25H22ClN3. The molecule has 0 saturated carbocycles. The SMILES string of the molecule is Cc1cc(C=Nc2ccc(Nc3ccccc3)cc2)c(C)n1-c1ccc(Cl)cc1. The van der Waals surface area contributed by atoms with Crippen molar-refractivity contribution in [2.75, 3.05) is 5.32 Å². The van der Waals surface area contributed by atoms with Gasteiger partial charge in [0.1, 0.15) is 0 Å². The lowest BCUT2D eigenvalue weighted by atomic mass is 10.2. The van der Waals surface area contributed by atoms with Crippen molar-refractivity contribution >= 4 is 34.9 Å². The van der Waals surface area contributed by atoms with E-state index in [2.05, 4.69) is 34.8 Å². The Morgan fingerprint density at radius 1 is 0.828 bits per heavy atom. The maximum Gasteiger partial charge on any atom is 0.0631 e. The number of aryl methyl sites for hydroxylation is 1. The number of aliphatic imine (C=N–C) groups is 1. The zero-order valence-corrected chi connectivity index (χ0v) is 17.2. The molecule has 4 rings (SSSR count). The van der Waals surface area contributed by atoms with Crippen molar-refractivity contribution in [3.8, 4) is 5.69 Å². The van der Waals surface area contributed by atoms with Crippen molar-refractivity contribution in [1.29, 1.82) is 0 Å². The fourth-order valence-electron chi connectivity index (χ4n) is 3.37. The topological polar surface area (TPSA) is 29.3 Å². The molecule has 0 bridgehead atoms. The number of nitrogens with zero attached hydrogens (tertiary/aromatic N) is 2. The summed E-state index contributed by atoms with van der Waals surface area (Å²) in [5, 5.41) is 4.12. The van der Waals surface area contributed by atoms with Crippen molar-refractivity contribution in [2.24, 2.45) is 4.99 Å². The minimum Gasteiger partial charge on any atom is -0.356 e. The average Bonchev–Trinajstić information content (AvgIpc) is 3.02. The first kappa shape index (κ1) is 19.0. The van der Waals surface area contributed by atoms with Crippen LogP contribution in [-0.4, -0.2) is 10.8 Å². The van der Waals surface area contributed by atoms with Gasteiger partial charge in [0, 0.05) is 45.3 Å². The minimum atomic E-state index is 0.739. The number of halogens is 1. The van der Waals surface area contributed by atoms with Gasteiger partial charge in [0.05, 0.1) is 5.69 Å². The molecule has 144 valence electrons. The summed E-state index contributed by atoms with van der Waals surface area (Å²) < 4.78 is 2.21. The van der Waals surface area contributed by atoms with Gasteiger partial charge in [-0.15, -0.1) is 0 Å². The summed E-state index contributed by atoms with van der Waals surface area (Å²) >= 11 is 6.02. The van der Waals surface area contributed by atoms with Crippen molar-refractivity contribution < 1.29 is 0 Å². The number of benzene rings is 3. The molecule has 1 N–H and O–H groups in total. The summed E-state index contributed by atoms with van der Waals surface area (Å²) in [4.78, 5) is 4.66. The monoisotopic (exact) mass is 399 g/mol. The largest absolute Gasteiger partial charge is 0.356 e. The molecule has 0 fully saturated rings. The van der Waals surface area contributed by atoms with Gasteiger partial charge in [-0.05, 0) is 80.6 Å². The van der Waals surface area contributed by atoms with E-state index in [1.165, 1.54) is 0 Å². The predicted octanol–water partition coefficient (Wildman–Crippen LogP) is 7.24. The Hall–Kier alpha value is -3.30. The van der Waals surface area contributed by atoms with Gasteiger partial charge in [-0.25, -0.2) is 0 Å². The van der Waals surface area contributed by atoms with Gasteiger partial charge in [0.2, 0.25) is 0 Å². The van der Waals surface area contributed by atoms with Crippen LogP contribution >= 0.6 is 11.6 Å². The second kappa shape index (κ2) is 8.38. The highest BCUT2D eigenvalue weighted by atomic mass is 35.5. The number of anilines is 2. The second-order valence-electron chi connectivity index (χ2n) is 6.93. The van der Waals surface area contributed by atoms with Crippen molar-refractivity contribution in [3.05, 3.63) is 107 Å². The van der Waals surface area contributed by atoms with Crippen LogP contribution in [-0.2, 0) is 0 Å². The molecule has 0 amide bonds. The lowest BCUT2D eigenvalue weighted by Gasteiger charge is -2.09. The van der Waals surface area contributed by atoms with E-state index in [1.54, 1.807) is 0 Å². The average molecular weight is 400 g/mol. The number of hydrogen-bond donors (Lipinski definition) is 1. The van der Waals surface area contributed by atoms with E-state index in [1.807, 2.05) is 85.1 Å². The zero-order chi connectivity index (χ0) is 20.2. The first-order valence-electron chi connectivity index (χ1n) is 9.51. The summed E-state index contributed by atoms with van der Waals surface area (Å²) in [6.45, 7) is 4.21. The lowest BCUT2D eigenvalue weighted by molar-refractivity contribution is 0.965. The van der Waals surface area contributed by atoms with Gasteiger partial charge in [-0.1, -0.05) is 29.8 Å². The summed E-state index contributed by atoms with van der Waals surface area (Å²) in [6, 6.07) is 28.3. The van der Waals surface area contributed by atoms with Crippen LogP contribution in [0.4, 0.5) is 17.1 Å². The van der Waals surface area contributed by atoms with Crippen LogP contribution in [0, 0.1) is 13.8 Å². The van der Waals surface area contributed by atoms with Crippen LogP contribution in [0.2, 0.25) is 5.02 Å². The second-order valence-corrected chi connectivity index (χ2v) is 7.37. The maximum atomic E-state index is 6.02. The van der Waals surface area contributed by atoms with E-state index in [0.29, 0.717) is 0 Å². The quantitative estimate of drug-likeness (QED) is 0.352. The Labute approximate surface area is 176 Å². The molecule has 0 aliphatic carbocycles. The summed E-state index contributed by atoms with van der Waals surface area (Å²) in [5.41, 5.74) is 7.53. The molecule has 0 atom stereocenters. The summed E-state index contributed by atoms with van der Waals surface area (Å²) in [7, 11) is 0. The fourth-order valence-corrected chi connectivity index (χ4v) is 3.49. The Morgan fingerprint density at radius 2 is 1.48 bits per heavy atom. The molecule has 1 aromatic heterocycles. The van der Waals surface area contributed by atoms with Crippen LogP contribution in [0.1, 0.15) is 17.0 Å². The van der Waals surface area contributed by atoms with Crippen molar-refractivity contribution in [3.63, 3.8) is 0 Å². The highest BCUT2D eigenvalue weighted by Gasteiger charge is 2.09. The molecular weight excluding hydrogens is 378 g/mol. The number of para-hydroxylation sites is 1. The number of rotatable bonds is 5. The van der Waals surface area contributed by atoms with Gasteiger partial charge in [0.25, 0.3) is 0 Å². The van der Waals surface area contributed by atoms with Gasteiger partial charge < -0.3 is 9.88 Å². The smallest absolute Gasteiger partial charge is 0.0631 e. The van der Waals surface area contributed by atoms with Crippen LogP contribution in [0.3, 0.4) is 0 Å². The third-order valence-electron chi connectivity index (χ3n) is 4.84. The van der Waals surface area contributed by atoms with E-state index in [-0.39, 0.29) is 0 Å². The van der Waals surface area contributed by atoms with Gasteiger partial charge >= 0.3 is 0 Å². The molecule has 4 aromatic rings. The molecule has 29 heavy (non-hydrogen) atoms. The number of aromatic nitrogens is 1. The van der Waals surface area contributed by atoms with Gasteiger partial charge in [0.15, 0.2) is 0 Å². The van der Waals surface area contributed by atoms with Gasteiger partial charge in [-0.2, -0.15) is 0 Å². The van der Waals surface area contributed by atoms with E-state index in [4.69, 9.17) is 11.6 Å². The zero-order valence-electron chi connectivity index (χ0n) is 16.4. The normalized spacial score (nSPS) is 11.1. The summed E-state index contributed by atoms with van der Waals surface area (Å²) in [6.07, 6.45) is 1.92. The molecule has 1 heterocycles. The van der Waals surface area contributed by atoms with Gasteiger partial charge in [-0.3, -0.25) is 4.99 Å². The van der Waals surface area contributed by atoms with E-state index in [0.717, 1.165) is 44.7 Å². The lowest BCUT2D eigenvalue weighted by Crippen LogP contribution is -1.99. The van der Waals surface area contributed by atoms with Crippen molar-refractivity contribution in [2.45, 2.75) is 13.8 Å². The third kappa shape index (κ3) is 4.41. The van der Waals surface area contributed by atoms with Crippen LogP contribution in [0.15, 0.2) is 89.9 Å². The van der Waals surface area contributed by atoms with Crippen LogP contribution < -0.4 is 5.32 Å². The highest BCUT2D eigenvalue weighted by molar-refractivity contribution is 6.30. The molecule has 0 unspecified atom stereocenters. The third-order valence-corrected chi connectivity index (χ3v) is 5.09. The first-order valence-corrected chi connectivity index (χ1v) is 9.89. The maximum absolute atomic E-state index is 6.02. The molecule has 3 nitrogen and oxygen atoms in total. The molecule has 0 aliphatic heterocycles. The minimum absolute atomic E-state index is 0.739. The van der Waals surface area contributed by atoms with E-state index < -0.39 is 0 Å². The Morgan fingerprint density at radius 3 is 2.17 bits per heavy atom. The molecule has 0 aliphatic rings. The number of hydrogen-bond acceptors (Lipinski definition) is 2. The van der Waals surface area contributed by atoms with Crippen molar-refractivity contribution in [1.82, 2.24) is 4.57 Å². The van der Waals surface area contributed by atoms with E-state index >= 15 is 0 Å². The highest BCUT2D eigenvalue weighted by Crippen LogP contribution is 2.23. The molecule has 0 radical (unpaired) electrons.